The second kappa shape index (κ2) is 9.87. The molecule has 0 saturated carbocycles. The van der Waals surface area contributed by atoms with E-state index >= 15 is 0 Å². The first-order chi connectivity index (χ1) is 16.7. The number of halogens is 2. The molecular formula is C25H23ClFN3O5. The average molecular weight is 500 g/mol. The number of carbonyl (C=O) groups is 4. The highest BCUT2D eigenvalue weighted by Gasteiger charge is 2.34. The van der Waals surface area contributed by atoms with E-state index in [-0.39, 0.29) is 40.9 Å². The third-order valence-electron chi connectivity index (χ3n) is 6.15. The Balaban J connectivity index is 1.48. The molecule has 1 aromatic heterocycles. The molecule has 0 spiro atoms. The Morgan fingerprint density at radius 1 is 1.20 bits per heavy atom. The van der Waals surface area contributed by atoms with Crippen LogP contribution in [-0.4, -0.2) is 50.7 Å². The van der Waals surface area contributed by atoms with Crippen LogP contribution in [0.4, 0.5) is 4.39 Å². The number of fused-ring (bicyclic) bond motifs is 1. The third kappa shape index (κ3) is 4.90. The topological polar surface area (TPSA) is 109 Å². The fourth-order valence-electron chi connectivity index (χ4n) is 4.43. The Labute approximate surface area is 205 Å². The van der Waals surface area contributed by atoms with E-state index in [1.54, 1.807) is 10.8 Å². The number of aromatic carboxylic acids is 1. The molecule has 1 aliphatic rings. The number of carbonyl (C=O) groups excluding carboxylic acids is 3. The average Bonchev–Trinajstić information content (AvgIpc) is 3.45. The summed E-state index contributed by atoms with van der Waals surface area (Å²) >= 11 is 5.78. The van der Waals surface area contributed by atoms with Crippen LogP contribution < -0.4 is 5.32 Å². The van der Waals surface area contributed by atoms with E-state index in [4.69, 9.17) is 16.7 Å². The molecule has 182 valence electrons. The minimum absolute atomic E-state index is 0.0392. The maximum atomic E-state index is 14.3. The molecule has 8 nitrogen and oxygen atoms in total. The molecule has 0 radical (unpaired) electrons. The molecule has 2 N–H and O–H groups in total. The fourth-order valence-corrected chi connectivity index (χ4v) is 4.67. The van der Waals surface area contributed by atoms with E-state index in [1.807, 2.05) is 24.3 Å². The monoisotopic (exact) mass is 499 g/mol. The van der Waals surface area contributed by atoms with Crippen LogP contribution in [0.2, 0.25) is 5.02 Å². The Bertz CT molecular complexity index is 1350. The Morgan fingerprint density at radius 2 is 1.94 bits per heavy atom. The van der Waals surface area contributed by atoms with Crippen LogP contribution in [0.5, 0.6) is 0 Å². The zero-order valence-corrected chi connectivity index (χ0v) is 19.6. The fraction of sp³-hybridized carbons (Fsp3) is 0.280. The van der Waals surface area contributed by atoms with E-state index < -0.39 is 23.7 Å². The number of hydrogen-bond donors (Lipinski definition) is 2. The van der Waals surface area contributed by atoms with Crippen molar-refractivity contribution < 1.29 is 28.7 Å². The maximum Gasteiger partial charge on any atom is 0.335 e. The Kier molecular flexibility index (Phi) is 6.88. The number of rotatable bonds is 7. The van der Waals surface area contributed by atoms with Gasteiger partial charge in [0.05, 0.1) is 10.6 Å². The molecule has 2 amide bonds. The first-order valence-corrected chi connectivity index (χ1v) is 11.4. The summed E-state index contributed by atoms with van der Waals surface area (Å²) in [7, 11) is 0. The molecule has 1 aliphatic heterocycles. The molecule has 4 rings (SSSR count). The summed E-state index contributed by atoms with van der Waals surface area (Å²) < 4.78 is 16.0. The van der Waals surface area contributed by atoms with Crippen LogP contribution in [0.15, 0.2) is 42.6 Å². The number of Topliss-reactive ketones (excluding diaryl/α,β-unsaturated/α-hetero) is 1. The standard InChI is InChI=1S/C25H23ClFN3O5/c1-14(31)18-12-29(20-6-3-2-5-17(18)20)13-22(32)30-8-4-7-21(30)24(33)28-11-16-9-15(25(34)35)10-19(26)23(16)27/h2-3,5-6,9-10,12,21H,4,7-8,11,13H2,1H3,(H,28,33)(H,34,35). The smallest absolute Gasteiger partial charge is 0.335 e. The highest BCUT2D eigenvalue weighted by atomic mass is 35.5. The van der Waals surface area contributed by atoms with Crippen LogP contribution >= 0.6 is 11.6 Å². The van der Waals surface area contributed by atoms with Gasteiger partial charge in [0.2, 0.25) is 11.8 Å². The van der Waals surface area contributed by atoms with Crippen LogP contribution in [0.25, 0.3) is 10.9 Å². The van der Waals surface area contributed by atoms with Gasteiger partial charge in [-0.15, -0.1) is 0 Å². The maximum absolute atomic E-state index is 14.3. The predicted octanol–water partition coefficient (Wildman–Crippen LogP) is 3.64. The number of carboxylic acids is 1. The summed E-state index contributed by atoms with van der Waals surface area (Å²) in [4.78, 5) is 50.7. The zero-order valence-electron chi connectivity index (χ0n) is 18.9. The molecule has 1 fully saturated rings. The van der Waals surface area contributed by atoms with Gasteiger partial charge in [0.1, 0.15) is 18.4 Å². The van der Waals surface area contributed by atoms with Crippen molar-refractivity contribution in [3.63, 3.8) is 0 Å². The van der Waals surface area contributed by atoms with Crippen LogP contribution in [0, 0.1) is 5.82 Å². The van der Waals surface area contributed by atoms with Gasteiger partial charge in [0, 0.05) is 41.3 Å². The zero-order chi connectivity index (χ0) is 25.3. The largest absolute Gasteiger partial charge is 0.478 e. The molecule has 3 aromatic rings. The van der Waals surface area contributed by atoms with Gasteiger partial charge in [-0.2, -0.15) is 0 Å². The van der Waals surface area contributed by atoms with Crippen LogP contribution in [0.3, 0.4) is 0 Å². The lowest BCUT2D eigenvalue weighted by molar-refractivity contribution is -0.138. The van der Waals surface area contributed by atoms with Crippen LogP contribution in [0.1, 0.15) is 46.0 Å². The summed E-state index contributed by atoms with van der Waals surface area (Å²) in [5, 5.41) is 12.2. The number of nitrogens with one attached hydrogen (secondary N) is 1. The summed E-state index contributed by atoms with van der Waals surface area (Å²) in [6, 6.07) is 8.68. The lowest BCUT2D eigenvalue weighted by Crippen LogP contribution is -2.46. The number of ketones is 1. The van der Waals surface area contributed by atoms with Gasteiger partial charge in [-0.1, -0.05) is 29.8 Å². The molecule has 1 unspecified atom stereocenters. The number of para-hydroxylation sites is 1. The molecule has 10 heteroatoms. The molecular weight excluding hydrogens is 477 g/mol. The first-order valence-electron chi connectivity index (χ1n) is 11.0. The minimum Gasteiger partial charge on any atom is -0.478 e. The van der Waals surface area contributed by atoms with E-state index in [0.29, 0.717) is 24.9 Å². The van der Waals surface area contributed by atoms with Gasteiger partial charge in [0.25, 0.3) is 0 Å². The van der Waals surface area contributed by atoms with E-state index in [2.05, 4.69) is 5.32 Å². The number of likely N-dealkylation sites (tertiary alicyclic amines) is 1. The number of benzene rings is 2. The van der Waals surface area contributed by atoms with Crippen LogP contribution in [-0.2, 0) is 22.7 Å². The molecule has 1 saturated heterocycles. The van der Waals surface area contributed by atoms with Crippen molar-refractivity contribution in [2.45, 2.75) is 38.9 Å². The van der Waals surface area contributed by atoms with Crippen molar-refractivity contribution in [3.05, 3.63) is 70.1 Å². The Morgan fingerprint density at radius 3 is 2.66 bits per heavy atom. The molecule has 0 aliphatic carbocycles. The summed E-state index contributed by atoms with van der Waals surface area (Å²) in [5.74, 6) is -2.92. The lowest BCUT2D eigenvalue weighted by atomic mass is 10.1. The molecule has 2 heterocycles. The molecule has 2 aromatic carbocycles. The van der Waals surface area contributed by atoms with Gasteiger partial charge in [0.15, 0.2) is 5.78 Å². The summed E-state index contributed by atoms with van der Waals surface area (Å²) in [6.45, 7) is 1.55. The van der Waals surface area contributed by atoms with E-state index in [1.165, 1.54) is 11.8 Å². The van der Waals surface area contributed by atoms with Crippen molar-refractivity contribution in [1.82, 2.24) is 14.8 Å². The third-order valence-corrected chi connectivity index (χ3v) is 6.43. The normalized spacial score (nSPS) is 15.4. The van der Waals surface area contributed by atoms with Crippen molar-refractivity contribution >= 4 is 46.1 Å². The van der Waals surface area contributed by atoms with Crippen molar-refractivity contribution in [3.8, 4) is 0 Å². The molecule has 1 atom stereocenters. The summed E-state index contributed by atoms with van der Waals surface area (Å²) in [5.41, 5.74) is 1.02. The minimum atomic E-state index is -1.27. The molecule has 35 heavy (non-hydrogen) atoms. The predicted molar refractivity (Wildman–Crippen MR) is 127 cm³/mol. The van der Waals surface area contributed by atoms with Crippen molar-refractivity contribution in [1.29, 1.82) is 0 Å². The number of nitrogens with zero attached hydrogens (tertiary/aromatic N) is 2. The van der Waals surface area contributed by atoms with E-state index in [9.17, 15) is 23.6 Å². The summed E-state index contributed by atoms with van der Waals surface area (Å²) in [6.07, 6.45) is 2.72. The second-order valence-electron chi connectivity index (χ2n) is 8.44. The van der Waals surface area contributed by atoms with Gasteiger partial charge in [-0.3, -0.25) is 14.4 Å². The second-order valence-corrected chi connectivity index (χ2v) is 8.85. The van der Waals surface area contributed by atoms with E-state index in [0.717, 1.165) is 23.0 Å². The van der Waals surface area contributed by atoms with Gasteiger partial charge in [-0.25, -0.2) is 9.18 Å². The number of carboxylic acid groups (broad SMARTS) is 1. The molecule has 0 bridgehead atoms. The number of aromatic nitrogens is 1. The highest BCUT2D eigenvalue weighted by molar-refractivity contribution is 6.31. The number of hydrogen-bond acceptors (Lipinski definition) is 4. The lowest BCUT2D eigenvalue weighted by Gasteiger charge is -2.24. The Hall–Kier alpha value is -3.72. The van der Waals surface area contributed by atoms with Gasteiger partial charge < -0.3 is 19.9 Å². The SMILES string of the molecule is CC(=O)c1cn(CC(=O)N2CCCC2C(=O)NCc2cc(C(=O)O)cc(Cl)c2F)c2ccccc12. The number of amides is 2. The van der Waals surface area contributed by atoms with Crippen molar-refractivity contribution in [2.24, 2.45) is 0 Å². The quantitative estimate of drug-likeness (QED) is 0.482. The van der Waals surface area contributed by atoms with Gasteiger partial charge >= 0.3 is 5.97 Å². The first kappa shape index (κ1) is 24.4. The van der Waals surface area contributed by atoms with Gasteiger partial charge in [-0.05, 0) is 38.0 Å². The van der Waals surface area contributed by atoms with Crippen molar-refractivity contribution in [2.75, 3.05) is 6.54 Å². The highest BCUT2D eigenvalue weighted by Crippen LogP contribution is 2.24.